The Kier molecular flexibility index (Phi) is 4.68. The number of sulfonamides is 1. The molecule has 1 fully saturated rings. The molecule has 1 aliphatic rings. The number of benzene rings is 2. The average Bonchev–Trinajstić information content (AvgIpc) is 3.32. The highest BCUT2D eigenvalue weighted by atomic mass is 32.2. The third-order valence-corrected chi connectivity index (χ3v) is 6.69. The minimum atomic E-state index is -3.22. The van der Waals surface area contributed by atoms with E-state index >= 15 is 0 Å². The van der Waals surface area contributed by atoms with Gasteiger partial charge in [-0.2, -0.15) is 0 Å². The molecule has 2 heterocycles. The summed E-state index contributed by atoms with van der Waals surface area (Å²) < 4.78 is 27.7. The van der Waals surface area contributed by atoms with Gasteiger partial charge < -0.3 is 9.88 Å². The second kappa shape index (κ2) is 7.16. The van der Waals surface area contributed by atoms with Gasteiger partial charge in [-0.15, -0.1) is 0 Å². The smallest absolute Gasteiger partial charge is 0.255 e. The van der Waals surface area contributed by atoms with Crippen LogP contribution in [0.25, 0.3) is 5.69 Å². The Morgan fingerprint density at radius 3 is 2.50 bits per heavy atom. The van der Waals surface area contributed by atoms with E-state index in [-0.39, 0.29) is 11.7 Å². The lowest BCUT2D eigenvalue weighted by molar-refractivity contribution is 0.102. The lowest BCUT2D eigenvalue weighted by Crippen LogP contribution is -2.25. The summed E-state index contributed by atoms with van der Waals surface area (Å²) in [6, 6.07) is 16.5. The second-order valence-corrected chi connectivity index (χ2v) is 8.85. The SMILES string of the molecule is Cc1cc(NC(=O)c2cccc(-n3cccc3)c2)ccc1N1CCCS1(=O)=O. The molecule has 6 nitrogen and oxygen atoms in total. The van der Waals surface area contributed by atoms with Crippen molar-refractivity contribution in [3.63, 3.8) is 0 Å². The van der Waals surface area contributed by atoms with Crippen LogP contribution >= 0.6 is 0 Å². The number of amides is 1. The van der Waals surface area contributed by atoms with E-state index in [9.17, 15) is 13.2 Å². The van der Waals surface area contributed by atoms with Crippen LogP contribution in [0.4, 0.5) is 11.4 Å². The first-order chi connectivity index (χ1) is 13.4. The first-order valence-electron chi connectivity index (χ1n) is 9.10. The lowest BCUT2D eigenvalue weighted by atomic mass is 10.1. The van der Waals surface area contributed by atoms with Gasteiger partial charge in [0.1, 0.15) is 0 Å². The third-order valence-electron chi connectivity index (χ3n) is 4.83. The molecule has 2 aromatic carbocycles. The molecule has 1 aliphatic heterocycles. The summed E-state index contributed by atoms with van der Waals surface area (Å²) in [5, 5.41) is 2.89. The molecule has 0 spiro atoms. The van der Waals surface area contributed by atoms with Crippen LogP contribution in [0.5, 0.6) is 0 Å². The molecule has 3 aromatic rings. The molecule has 144 valence electrons. The summed E-state index contributed by atoms with van der Waals surface area (Å²) in [5.74, 6) is -0.0298. The van der Waals surface area contributed by atoms with Crippen molar-refractivity contribution in [3.8, 4) is 5.69 Å². The van der Waals surface area contributed by atoms with Crippen molar-refractivity contribution in [3.05, 3.63) is 78.1 Å². The van der Waals surface area contributed by atoms with Crippen LogP contribution in [0.3, 0.4) is 0 Å². The van der Waals surface area contributed by atoms with Crippen LogP contribution in [0, 0.1) is 6.92 Å². The normalized spacial score (nSPS) is 15.5. The summed E-state index contributed by atoms with van der Waals surface area (Å²) in [6.07, 6.45) is 4.48. The number of nitrogens with zero attached hydrogens (tertiary/aromatic N) is 2. The molecule has 1 N–H and O–H groups in total. The Morgan fingerprint density at radius 2 is 1.82 bits per heavy atom. The fourth-order valence-corrected chi connectivity index (χ4v) is 5.07. The molecule has 1 aromatic heterocycles. The van der Waals surface area contributed by atoms with Crippen LogP contribution in [0.1, 0.15) is 22.3 Å². The molecule has 1 amide bonds. The molecule has 0 aliphatic carbocycles. The summed E-state index contributed by atoms with van der Waals surface area (Å²) in [6.45, 7) is 2.35. The highest BCUT2D eigenvalue weighted by molar-refractivity contribution is 7.93. The number of rotatable bonds is 4. The standard InChI is InChI=1S/C21H21N3O3S/c1-16-14-18(8-9-20(16)24-12-5-13-28(24,26)27)22-21(25)17-6-4-7-19(15-17)23-10-2-3-11-23/h2-4,6-11,14-15H,5,12-13H2,1H3,(H,22,25). The molecule has 0 saturated carbocycles. The quantitative estimate of drug-likeness (QED) is 0.734. The van der Waals surface area contributed by atoms with Crippen LogP contribution in [-0.4, -0.2) is 31.2 Å². The summed E-state index contributed by atoms with van der Waals surface area (Å²) in [4.78, 5) is 12.7. The maximum atomic E-state index is 12.7. The maximum absolute atomic E-state index is 12.7. The van der Waals surface area contributed by atoms with Gasteiger partial charge in [0.25, 0.3) is 5.91 Å². The Labute approximate surface area is 164 Å². The van der Waals surface area contributed by atoms with Gasteiger partial charge in [0.15, 0.2) is 0 Å². The van der Waals surface area contributed by atoms with Crippen molar-refractivity contribution in [1.82, 2.24) is 4.57 Å². The summed E-state index contributed by atoms with van der Waals surface area (Å²) in [7, 11) is -3.22. The zero-order valence-corrected chi connectivity index (χ0v) is 16.3. The average molecular weight is 395 g/mol. The number of aryl methyl sites for hydroxylation is 1. The van der Waals surface area contributed by atoms with Crippen molar-refractivity contribution in [1.29, 1.82) is 0 Å². The van der Waals surface area contributed by atoms with Crippen LogP contribution in [0.15, 0.2) is 67.0 Å². The number of anilines is 2. The largest absolute Gasteiger partial charge is 0.324 e. The topological polar surface area (TPSA) is 71.4 Å². The van der Waals surface area contributed by atoms with E-state index in [1.165, 1.54) is 4.31 Å². The summed E-state index contributed by atoms with van der Waals surface area (Å²) >= 11 is 0. The van der Waals surface area contributed by atoms with Gasteiger partial charge in [0.05, 0.1) is 11.4 Å². The second-order valence-electron chi connectivity index (χ2n) is 6.84. The number of carbonyl (C=O) groups is 1. The molecule has 0 atom stereocenters. The Morgan fingerprint density at radius 1 is 1.04 bits per heavy atom. The van der Waals surface area contributed by atoms with Crippen molar-refractivity contribution in [2.24, 2.45) is 0 Å². The van der Waals surface area contributed by atoms with Gasteiger partial charge in [-0.05, 0) is 67.4 Å². The predicted octanol–water partition coefficient (Wildman–Crippen LogP) is 3.58. The monoisotopic (exact) mass is 395 g/mol. The number of carbonyl (C=O) groups excluding carboxylic acids is 1. The highest BCUT2D eigenvalue weighted by Gasteiger charge is 2.29. The Balaban J connectivity index is 1.54. The number of aromatic nitrogens is 1. The Hall–Kier alpha value is -3.06. The van der Waals surface area contributed by atoms with Crippen molar-refractivity contribution >= 4 is 27.3 Å². The molecule has 1 saturated heterocycles. The van der Waals surface area contributed by atoms with Gasteiger partial charge in [-0.3, -0.25) is 9.10 Å². The molecule has 0 radical (unpaired) electrons. The molecular formula is C21H21N3O3S. The van der Waals surface area contributed by atoms with E-state index in [0.29, 0.717) is 29.9 Å². The van der Waals surface area contributed by atoms with Crippen molar-refractivity contribution in [2.75, 3.05) is 21.9 Å². The van der Waals surface area contributed by atoms with Crippen LogP contribution in [-0.2, 0) is 10.0 Å². The van der Waals surface area contributed by atoms with Crippen LogP contribution < -0.4 is 9.62 Å². The van der Waals surface area contributed by atoms with E-state index in [0.717, 1.165) is 11.3 Å². The molecule has 0 unspecified atom stereocenters. The third kappa shape index (κ3) is 3.53. The number of hydrogen-bond acceptors (Lipinski definition) is 3. The molecule has 0 bridgehead atoms. The van der Waals surface area contributed by atoms with E-state index in [2.05, 4.69) is 5.32 Å². The number of hydrogen-bond donors (Lipinski definition) is 1. The van der Waals surface area contributed by atoms with Crippen LogP contribution in [0.2, 0.25) is 0 Å². The highest BCUT2D eigenvalue weighted by Crippen LogP contribution is 2.29. The Bertz CT molecular complexity index is 1120. The zero-order valence-electron chi connectivity index (χ0n) is 15.5. The molecule has 7 heteroatoms. The van der Waals surface area contributed by atoms with E-state index < -0.39 is 10.0 Å². The number of nitrogens with one attached hydrogen (secondary N) is 1. The van der Waals surface area contributed by atoms with Gasteiger partial charge in [-0.1, -0.05) is 6.07 Å². The molecule has 28 heavy (non-hydrogen) atoms. The van der Waals surface area contributed by atoms with E-state index in [1.54, 1.807) is 24.3 Å². The minimum Gasteiger partial charge on any atom is -0.324 e. The molecule has 4 rings (SSSR count). The molecular weight excluding hydrogens is 374 g/mol. The van der Waals surface area contributed by atoms with Gasteiger partial charge >= 0.3 is 0 Å². The summed E-state index contributed by atoms with van der Waals surface area (Å²) in [5.41, 5.74) is 3.57. The lowest BCUT2D eigenvalue weighted by Gasteiger charge is -2.20. The minimum absolute atomic E-state index is 0.183. The van der Waals surface area contributed by atoms with Gasteiger partial charge in [0.2, 0.25) is 10.0 Å². The zero-order chi connectivity index (χ0) is 19.7. The maximum Gasteiger partial charge on any atom is 0.255 e. The first kappa shape index (κ1) is 18.3. The predicted molar refractivity (Wildman–Crippen MR) is 111 cm³/mol. The van der Waals surface area contributed by atoms with Gasteiger partial charge in [0, 0.05) is 35.9 Å². The fourth-order valence-electron chi connectivity index (χ4n) is 3.44. The first-order valence-corrected chi connectivity index (χ1v) is 10.7. The van der Waals surface area contributed by atoms with Crippen molar-refractivity contribution < 1.29 is 13.2 Å². The van der Waals surface area contributed by atoms with Gasteiger partial charge in [-0.25, -0.2) is 8.42 Å². The van der Waals surface area contributed by atoms with Crippen molar-refractivity contribution in [2.45, 2.75) is 13.3 Å². The van der Waals surface area contributed by atoms with E-state index in [1.807, 2.05) is 54.2 Å². The fraction of sp³-hybridized carbons (Fsp3) is 0.190. The van der Waals surface area contributed by atoms with E-state index in [4.69, 9.17) is 0 Å².